The SMILES string of the molecule is N#Cc1cc(-c2ccccc2-n2c3ccccc3c3ccccc32)cc(-n2c3ccccc3c3c4c(ccc32)oc2ccccc24)c1. The van der Waals surface area contributed by atoms with Gasteiger partial charge in [0.05, 0.1) is 39.4 Å². The lowest BCUT2D eigenvalue weighted by atomic mass is 10.00. The molecule has 0 aliphatic heterocycles. The van der Waals surface area contributed by atoms with Crippen LogP contribution in [0.1, 0.15) is 5.56 Å². The summed E-state index contributed by atoms with van der Waals surface area (Å²) < 4.78 is 10.9. The number of rotatable bonds is 3. The highest BCUT2D eigenvalue weighted by atomic mass is 16.3. The van der Waals surface area contributed by atoms with Gasteiger partial charge in [-0.15, -0.1) is 0 Å². The maximum atomic E-state index is 10.3. The summed E-state index contributed by atoms with van der Waals surface area (Å²) in [6.45, 7) is 0. The molecule has 0 aliphatic rings. The Kier molecular flexibility index (Phi) is 5.32. The number of hydrogen-bond donors (Lipinski definition) is 0. The zero-order chi connectivity index (χ0) is 31.1. The highest BCUT2D eigenvalue weighted by Crippen LogP contribution is 2.42. The summed E-state index contributed by atoms with van der Waals surface area (Å²) in [5.74, 6) is 0. The van der Waals surface area contributed by atoms with Crippen LogP contribution in [0.25, 0.3) is 88.1 Å². The van der Waals surface area contributed by atoms with E-state index in [2.05, 4.69) is 143 Å². The molecular formula is C43H25N3O. The van der Waals surface area contributed by atoms with Gasteiger partial charge in [-0.2, -0.15) is 5.26 Å². The van der Waals surface area contributed by atoms with Crippen LogP contribution in [0, 0.1) is 11.3 Å². The Morgan fingerprint density at radius 3 is 1.83 bits per heavy atom. The van der Waals surface area contributed by atoms with Crippen molar-refractivity contribution in [3.8, 4) is 28.6 Å². The van der Waals surface area contributed by atoms with Crippen LogP contribution >= 0.6 is 0 Å². The van der Waals surface area contributed by atoms with Crippen LogP contribution < -0.4 is 0 Å². The molecule has 0 aliphatic carbocycles. The predicted octanol–water partition coefficient (Wildman–Crippen LogP) is 11.3. The van der Waals surface area contributed by atoms with Gasteiger partial charge in [0.15, 0.2) is 0 Å². The molecule has 3 heterocycles. The summed E-state index contributed by atoms with van der Waals surface area (Å²) in [4.78, 5) is 0. The van der Waals surface area contributed by atoms with E-state index in [1.54, 1.807) is 0 Å². The number of fused-ring (bicyclic) bond motifs is 10. The van der Waals surface area contributed by atoms with E-state index in [1.807, 2.05) is 24.3 Å². The fourth-order valence-corrected chi connectivity index (χ4v) is 7.61. The Hall–Kier alpha value is -6.57. The Balaban J connectivity index is 1.27. The predicted molar refractivity (Wildman–Crippen MR) is 193 cm³/mol. The van der Waals surface area contributed by atoms with Crippen molar-refractivity contribution in [1.29, 1.82) is 5.26 Å². The first-order valence-corrected chi connectivity index (χ1v) is 15.8. The molecule has 0 saturated heterocycles. The lowest BCUT2D eigenvalue weighted by Crippen LogP contribution is -1.99. The van der Waals surface area contributed by atoms with Crippen LogP contribution in [0.15, 0.2) is 156 Å². The molecule has 218 valence electrons. The number of nitriles is 1. The average Bonchev–Trinajstić information content (AvgIpc) is 3.79. The highest BCUT2D eigenvalue weighted by molar-refractivity contribution is 6.27. The van der Waals surface area contributed by atoms with Gasteiger partial charge in [0.2, 0.25) is 0 Å². The first kappa shape index (κ1) is 25.7. The second kappa shape index (κ2) is 9.71. The van der Waals surface area contributed by atoms with Crippen molar-refractivity contribution in [1.82, 2.24) is 9.13 Å². The number of furan rings is 1. The molecule has 10 rings (SSSR count). The lowest BCUT2D eigenvalue weighted by Gasteiger charge is -2.16. The van der Waals surface area contributed by atoms with Crippen LogP contribution in [0.3, 0.4) is 0 Å². The van der Waals surface area contributed by atoms with Gasteiger partial charge >= 0.3 is 0 Å². The second-order valence-corrected chi connectivity index (χ2v) is 12.1. The average molecular weight is 600 g/mol. The molecule has 47 heavy (non-hydrogen) atoms. The van der Waals surface area contributed by atoms with E-state index in [0.717, 1.165) is 77.3 Å². The molecular weight excluding hydrogens is 574 g/mol. The Bertz CT molecular complexity index is 2880. The van der Waals surface area contributed by atoms with Crippen LogP contribution in [-0.4, -0.2) is 9.13 Å². The first-order valence-electron chi connectivity index (χ1n) is 15.8. The number of aromatic nitrogens is 2. The van der Waals surface area contributed by atoms with Gasteiger partial charge in [0.25, 0.3) is 0 Å². The Morgan fingerprint density at radius 2 is 1.09 bits per heavy atom. The zero-order valence-electron chi connectivity index (χ0n) is 25.2. The van der Waals surface area contributed by atoms with Crippen molar-refractivity contribution in [2.45, 2.75) is 0 Å². The zero-order valence-corrected chi connectivity index (χ0v) is 25.2. The monoisotopic (exact) mass is 599 g/mol. The van der Waals surface area contributed by atoms with Crippen molar-refractivity contribution in [2.24, 2.45) is 0 Å². The third kappa shape index (κ3) is 3.63. The van der Waals surface area contributed by atoms with Crippen LogP contribution in [0.5, 0.6) is 0 Å². The van der Waals surface area contributed by atoms with Gasteiger partial charge in [0.1, 0.15) is 11.2 Å². The molecule has 0 amide bonds. The summed E-state index contributed by atoms with van der Waals surface area (Å²) in [7, 11) is 0. The minimum absolute atomic E-state index is 0.607. The minimum atomic E-state index is 0.607. The maximum Gasteiger partial charge on any atom is 0.136 e. The van der Waals surface area contributed by atoms with E-state index in [1.165, 1.54) is 10.8 Å². The van der Waals surface area contributed by atoms with Gasteiger partial charge < -0.3 is 13.6 Å². The molecule has 0 saturated carbocycles. The standard InChI is InChI=1S/C43H25N3O/c44-26-27-23-28(30-11-1-6-16-35(30)46-36-17-7-2-12-31(36)32-13-3-8-18-37(32)46)25-29(24-27)45-38-19-9-4-14-33(38)42-39(45)21-22-41-43(42)34-15-5-10-20-40(34)47-41/h1-25H. The number of nitrogens with zero attached hydrogens (tertiary/aromatic N) is 3. The molecule has 0 spiro atoms. The quantitative estimate of drug-likeness (QED) is 0.203. The molecule has 0 bridgehead atoms. The van der Waals surface area contributed by atoms with E-state index >= 15 is 0 Å². The third-order valence-corrected chi connectivity index (χ3v) is 9.52. The molecule has 10 aromatic rings. The smallest absolute Gasteiger partial charge is 0.136 e. The lowest BCUT2D eigenvalue weighted by molar-refractivity contribution is 0.669. The molecule has 0 radical (unpaired) electrons. The summed E-state index contributed by atoms with van der Waals surface area (Å²) in [6.07, 6.45) is 0. The van der Waals surface area contributed by atoms with E-state index < -0.39 is 0 Å². The van der Waals surface area contributed by atoms with Gasteiger partial charge in [0, 0.05) is 43.6 Å². The second-order valence-electron chi connectivity index (χ2n) is 12.1. The summed E-state index contributed by atoms with van der Waals surface area (Å²) >= 11 is 0. The number of para-hydroxylation sites is 5. The van der Waals surface area contributed by atoms with Crippen molar-refractivity contribution in [3.05, 3.63) is 157 Å². The topological polar surface area (TPSA) is 46.8 Å². The van der Waals surface area contributed by atoms with Crippen LogP contribution in [0.2, 0.25) is 0 Å². The van der Waals surface area contributed by atoms with Gasteiger partial charge in [-0.05, 0) is 66.2 Å². The van der Waals surface area contributed by atoms with E-state index in [9.17, 15) is 5.26 Å². The molecule has 7 aromatic carbocycles. The molecule has 3 aromatic heterocycles. The van der Waals surface area contributed by atoms with Crippen molar-refractivity contribution in [3.63, 3.8) is 0 Å². The molecule has 4 nitrogen and oxygen atoms in total. The Morgan fingerprint density at radius 1 is 0.468 bits per heavy atom. The summed E-state index contributed by atoms with van der Waals surface area (Å²) in [6, 6.07) is 55.3. The van der Waals surface area contributed by atoms with Crippen LogP contribution in [0.4, 0.5) is 0 Å². The fraction of sp³-hybridized carbons (Fsp3) is 0. The molecule has 0 fully saturated rings. The summed E-state index contributed by atoms with van der Waals surface area (Å²) in [5, 5.41) is 17.3. The Labute approximate surface area is 269 Å². The normalized spacial score (nSPS) is 11.8. The number of hydrogen-bond acceptors (Lipinski definition) is 2. The van der Waals surface area contributed by atoms with Crippen molar-refractivity contribution < 1.29 is 4.42 Å². The minimum Gasteiger partial charge on any atom is -0.456 e. The van der Waals surface area contributed by atoms with E-state index in [0.29, 0.717) is 5.56 Å². The molecule has 0 atom stereocenters. The summed E-state index contributed by atoms with van der Waals surface area (Å²) in [5.41, 5.74) is 10.9. The molecule has 0 N–H and O–H groups in total. The first-order chi connectivity index (χ1) is 23.3. The van der Waals surface area contributed by atoms with Crippen molar-refractivity contribution in [2.75, 3.05) is 0 Å². The van der Waals surface area contributed by atoms with Gasteiger partial charge in [-0.1, -0.05) is 91.0 Å². The van der Waals surface area contributed by atoms with Gasteiger partial charge in [-0.25, -0.2) is 0 Å². The maximum absolute atomic E-state index is 10.3. The number of benzene rings is 7. The van der Waals surface area contributed by atoms with E-state index in [-0.39, 0.29) is 0 Å². The fourth-order valence-electron chi connectivity index (χ4n) is 7.61. The molecule has 4 heteroatoms. The molecule has 0 unspecified atom stereocenters. The van der Waals surface area contributed by atoms with Gasteiger partial charge in [-0.3, -0.25) is 0 Å². The van der Waals surface area contributed by atoms with E-state index in [4.69, 9.17) is 4.42 Å². The third-order valence-electron chi connectivity index (χ3n) is 9.52. The van der Waals surface area contributed by atoms with Crippen molar-refractivity contribution >= 4 is 65.6 Å². The highest BCUT2D eigenvalue weighted by Gasteiger charge is 2.20. The van der Waals surface area contributed by atoms with Crippen LogP contribution in [-0.2, 0) is 0 Å². The largest absolute Gasteiger partial charge is 0.456 e.